The molecule has 1 amide bonds. The van der Waals surface area contributed by atoms with E-state index in [4.69, 9.17) is 0 Å². The fraction of sp³-hybridized carbons (Fsp3) is 0.933. The van der Waals surface area contributed by atoms with Crippen molar-refractivity contribution in [1.82, 2.24) is 15.1 Å². The summed E-state index contributed by atoms with van der Waals surface area (Å²) in [5.74, 6) is 0.244. The van der Waals surface area contributed by atoms with Crippen molar-refractivity contribution in [3.63, 3.8) is 0 Å². The number of carbonyl (C=O) groups excluding carboxylic acids is 1. The number of hydrogen-bond donors (Lipinski definition) is 1. The monoisotopic (exact) mass is 265 g/mol. The molecule has 0 bridgehead atoms. The van der Waals surface area contributed by atoms with Gasteiger partial charge >= 0.3 is 0 Å². The second-order valence-electron chi connectivity index (χ2n) is 6.47. The maximum Gasteiger partial charge on any atom is 0.234 e. The van der Waals surface area contributed by atoms with E-state index in [1.54, 1.807) is 0 Å². The lowest BCUT2D eigenvalue weighted by atomic mass is 10.1. The van der Waals surface area contributed by atoms with Crippen LogP contribution in [0.1, 0.15) is 44.9 Å². The molecule has 3 rings (SSSR count). The van der Waals surface area contributed by atoms with Crippen molar-refractivity contribution in [3.05, 3.63) is 0 Å². The zero-order valence-corrected chi connectivity index (χ0v) is 11.9. The highest BCUT2D eigenvalue weighted by atomic mass is 16.2. The Morgan fingerprint density at radius 2 is 1.79 bits per heavy atom. The van der Waals surface area contributed by atoms with Crippen LogP contribution in [0.15, 0.2) is 0 Å². The van der Waals surface area contributed by atoms with Crippen LogP contribution in [-0.2, 0) is 4.79 Å². The molecule has 1 N–H and O–H groups in total. The van der Waals surface area contributed by atoms with E-state index < -0.39 is 0 Å². The average Bonchev–Trinajstić information content (AvgIpc) is 3.12. The van der Waals surface area contributed by atoms with Gasteiger partial charge in [0.25, 0.3) is 0 Å². The molecule has 4 nitrogen and oxygen atoms in total. The van der Waals surface area contributed by atoms with Gasteiger partial charge in [-0.1, -0.05) is 6.42 Å². The van der Waals surface area contributed by atoms with Crippen LogP contribution in [0.25, 0.3) is 0 Å². The molecule has 4 heteroatoms. The molecule has 0 radical (unpaired) electrons. The fourth-order valence-corrected chi connectivity index (χ4v) is 3.44. The minimum absolute atomic E-state index is 0.244. The highest BCUT2D eigenvalue weighted by molar-refractivity contribution is 5.78. The molecule has 1 aliphatic carbocycles. The molecule has 1 saturated carbocycles. The van der Waals surface area contributed by atoms with Crippen LogP contribution >= 0.6 is 0 Å². The Morgan fingerprint density at radius 1 is 1.00 bits per heavy atom. The van der Waals surface area contributed by atoms with Crippen molar-refractivity contribution >= 4 is 5.91 Å². The minimum atomic E-state index is 0.244. The van der Waals surface area contributed by atoms with Gasteiger partial charge < -0.3 is 10.2 Å². The molecular formula is C15H27N3O. The molecule has 2 heterocycles. The maximum atomic E-state index is 11.9. The van der Waals surface area contributed by atoms with Crippen LogP contribution in [-0.4, -0.2) is 60.5 Å². The molecular weight excluding hydrogens is 238 g/mol. The summed E-state index contributed by atoms with van der Waals surface area (Å²) in [6.07, 6.45) is 9.01. The summed E-state index contributed by atoms with van der Waals surface area (Å²) in [7, 11) is 0. The van der Waals surface area contributed by atoms with Crippen molar-refractivity contribution in [2.45, 2.75) is 57.0 Å². The first-order valence-corrected chi connectivity index (χ1v) is 8.07. The Morgan fingerprint density at radius 3 is 2.53 bits per heavy atom. The fourth-order valence-electron chi connectivity index (χ4n) is 3.44. The molecule has 0 spiro atoms. The lowest BCUT2D eigenvalue weighted by molar-refractivity contribution is -0.122. The highest BCUT2D eigenvalue weighted by Gasteiger charge is 2.30. The zero-order chi connectivity index (χ0) is 13.1. The predicted molar refractivity (Wildman–Crippen MR) is 76.1 cm³/mol. The molecule has 2 saturated heterocycles. The third-order valence-electron chi connectivity index (χ3n) is 4.71. The summed E-state index contributed by atoms with van der Waals surface area (Å²) in [5, 5.41) is 3.11. The number of rotatable bonds is 5. The van der Waals surface area contributed by atoms with Gasteiger partial charge in [-0.2, -0.15) is 0 Å². The van der Waals surface area contributed by atoms with Gasteiger partial charge in [0, 0.05) is 18.6 Å². The Bertz CT molecular complexity index is 311. The Kier molecular flexibility index (Phi) is 4.38. The molecule has 2 aliphatic heterocycles. The van der Waals surface area contributed by atoms with E-state index in [1.165, 1.54) is 64.6 Å². The van der Waals surface area contributed by atoms with Crippen molar-refractivity contribution < 1.29 is 4.79 Å². The van der Waals surface area contributed by atoms with Crippen LogP contribution in [0.2, 0.25) is 0 Å². The molecule has 1 atom stereocenters. The first-order chi connectivity index (χ1) is 9.31. The normalized spacial score (nSPS) is 29.6. The predicted octanol–water partition coefficient (Wildman–Crippen LogP) is 1.22. The van der Waals surface area contributed by atoms with Crippen LogP contribution in [0, 0.1) is 0 Å². The van der Waals surface area contributed by atoms with Gasteiger partial charge in [0.05, 0.1) is 6.54 Å². The van der Waals surface area contributed by atoms with E-state index in [9.17, 15) is 4.79 Å². The molecule has 0 aromatic rings. The number of likely N-dealkylation sites (tertiary alicyclic amines) is 2. The Balaban J connectivity index is 1.44. The van der Waals surface area contributed by atoms with Gasteiger partial charge in [0.2, 0.25) is 5.91 Å². The average molecular weight is 265 g/mol. The molecule has 19 heavy (non-hydrogen) atoms. The summed E-state index contributed by atoms with van der Waals surface area (Å²) in [5.41, 5.74) is 0. The van der Waals surface area contributed by atoms with E-state index in [-0.39, 0.29) is 5.91 Å². The summed E-state index contributed by atoms with van der Waals surface area (Å²) in [6.45, 7) is 5.43. The van der Waals surface area contributed by atoms with Gasteiger partial charge in [-0.15, -0.1) is 0 Å². The number of amides is 1. The van der Waals surface area contributed by atoms with Gasteiger partial charge in [-0.3, -0.25) is 9.69 Å². The lowest BCUT2D eigenvalue weighted by Crippen LogP contribution is -2.46. The van der Waals surface area contributed by atoms with E-state index in [0.717, 1.165) is 6.54 Å². The van der Waals surface area contributed by atoms with Gasteiger partial charge in [0.15, 0.2) is 0 Å². The molecule has 108 valence electrons. The standard InChI is InChI=1S/C15H27N3O/c19-15(16-13-6-7-13)12-18-10-4-5-14(18)11-17-8-2-1-3-9-17/h13-14H,1-12H2,(H,16,19). The van der Waals surface area contributed by atoms with Crippen molar-refractivity contribution in [3.8, 4) is 0 Å². The Labute approximate surface area is 116 Å². The van der Waals surface area contributed by atoms with Crippen molar-refractivity contribution in [1.29, 1.82) is 0 Å². The summed E-state index contributed by atoms with van der Waals surface area (Å²) >= 11 is 0. The first kappa shape index (κ1) is 13.4. The Hall–Kier alpha value is -0.610. The van der Waals surface area contributed by atoms with Gasteiger partial charge in [-0.05, 0) is 58.2 Å². The third-order valence-corrected chi connectivity index (χ3v) is 4.71. The second-order valence-corrected chi connectivity index (χ2v) is 6.47. The maximum absolute atomic E-state index is 11.9. The van der Waals surface area contributed by atoms with Crippen LogP contribution in [0.4, 0.5) is 0 Å². The molecule has 0 aromatic carbocycles. The first-order valence-electron chi connectivity index (χ1n) is 8.07. The van der Waals surface area contributed by atoms with Gasteiger partial charge in [0.1, 0.15) is 0 Å². The molecule has 3 aliphatic rings. The number of nitrogens with zero attached hydrogens (tertiary/aromatic N) is 2. The largest absolute Gasteiger partial charge is 0.352 e. The van der Waals surface area contributed by atoms with Crippen LogP contribution in [0.3, 0.4) is 0 Å². The number of hydrogen-bond acceptors (Lipinski definition) is 3. The van der Waals surface area contributed by atoms with E-state index in [1.807, 2.05) is 0 Å². The number of piperidine rings is 1. The molecule has 1 unspecified atom stereocenters. The van der Waals surface area contributed by atoms with E-state index >= 15 is 0 Å². The summed E-state index contributed by atoms with van der Waals surface area (Å²) in [6, 6.07) is 1.11. The third kappa shape index (κ3) is 3.93. The van der Waals surface area contributed by atoms with E-state index in [0.29, 0.717) is 18.6 Å². The van der Waals surface area contributed by atoms with Crippen molar-refractivity contribution in [2.75, 3.05) is 32.7 Å². The van der Waals surface area contributed by atoms with Crippen molar-refractivity contribution in [2.24, 2.45) is 0 Å². The highest BCUT2D eigenvalue weighted by Crippen LogP contribution is 2.21. The van der Waals surface area contributed by atoms with Crippen LogP contribution < -0.4 is 5.32 Å². The zero-order valence-electron chi connectivity index (χ0n) is 11.9. The summed E-state index contributed by atoms with van der Waals surface area (Å²) < 4.78 is 0. The van der Waals surface area contributed by atoms with E-state index in [2.05, 4.69) is 15.1 Å². The summed E-state index contributed by atoms with van der Waals surface area (Å²) in [4.78, 5) is 16.9. The second kappa shape index (κ2) is 6.23. The quantitative estimate of drug-likeness (QED) is 0.812. The number of carbonyl (C=O) groups is 1. The topological polar surface area (TPSA) is 35.6 Å². The lowest BCUT2D eigenvalue weighted by Gasteiger charge is -2.32. The smallest absolute Gasteiger partial charge is 0.234 e. The molecule has 3 fully saturated rings. The van der Waals surface area contributed by atoms with Crippen LogP contribution in [0.5, 0.6) is 0 Å². The number of nitrogens with one attached hydrogen (secondary N) is 1. The molecule has 0 aromatic heterocycles. The van der Waals surface area contributed by atoms with Gasteiger partial charge in [-0.25, -0.2) is 0 Å². The minimum Gasteiger partial charge on any atom is -0.352 e. The SMILES string of the molecule is O=C(CN1CCCC1CN1CCCCC1)NC1CC1.